The second-order valence-electron chi connectivity index (χ2n) is 6.04. The van der Waals surface area contributed by atoms with Crippen molar-refractivity contribution in [1.82, 2.24) is 21.0 Å². The van der Waals surface area contributed by atoms with Crippen molar-refractivity contribution in [2.24, 2.45) is 0 Å². The Morgan fingerprint density at radius 3 is 2.59 bits per heavy atom. The molecular weight excluding hydrogens is 430 g/mol. The van der Waals surface area contributed by atoms with E-state index >= 15 is 0 Å². The number of halogens is 1. The Bertz CT molecular complexity index is 1020. The van der Waals surface area contributed by atoms with Crippen LogP contribution in [0.5, 0.6) is 0 Å². The van der Waals surface area contributed by atoms with E-state index in [1.807, 2.05) is 32.0 Å². The first-order valence-electron chi connectivity index (χ1n) is 8.56. The third-order valence-corrected chi connectivity index (χ3v) is 6.23. The molecule has 0 fully saturated rings. The third kappa shape index (κ3) is 5.93. The van der Waals surface area contributed by atoms with Crippen LogP contribution >= 0.6 is 34.7 Å². The van der Waals surface area contributed by atoms with Crippen molar-refractivity contribution in [3.8, 4) is 0 Å². The zero-order chi connectivity index (χ0) is 20.8. The van der Waals surface area contributed by atoms with Crippen LogP contribution in [0.2, 0.25) is 5.02 Å². The molecule has 1 heterocycles. The summed E-state index contributed by atoms with van der Waals surface area (Å²) in [5.41, 5.74) is 8.44. The molecule has 2 amide bonds. The first-order valence-corrected chi connectivity index (χ1v) is 10.7. The van der Waals surface area contributed by atoms with E-state index in [4.69, 9.17) is 11.6 Å². The Balaban J connectivity index is 1.46. The Morgan fingerprint density at radius 1 is 1.07 bits per heavy atom. The maximum absolute atomic E-state index is 12.0. The van der Waals surface area contributed by atoms with Gasteiger partial charge in [0.05, 0.1) is 5.75 Å². The smallest absolute Gasteiger partial charge is 0.269 e. The zero-order valence-electron chi connectivity index (χ0n) is 15.7. The molecule has 0 unspecified atom stereocenters. The number of aryl methyl sites for hydroxylation is 1. The van der Waals surface area contributed by atoms with E-state index in [2.05, 4.69) is 26.4 Å². The van der Waals surface area contributed by atoms with Crippen molar-refractivity contribution >= 4 is 57.3 Å². The molecule has 3 aromatic rings. The van der Waals surface area contributed by atoms with Crippen LogP contribution in [0.25, 0.3) is 0 Å². The summed E-state index contributed by atoms with van der Waals surface area (Å²) in [5.74, 6) is -0.675. The second kappa shape index (κ2) is 9.73. The van der Waals surface area contributed by atoms with E-state index in [0.717, 1.165) is 11.3 Å². The minimum atomic E-state index is -0.420. The fraction of sp³-hybridized carbons (Fsp3) is 0.158. The van der Waals surface area contributed by atoms with Gasteiger partial charge in [-0.05, 0) is 55.3 Å². The number of hydrazine groups is 1. The number of anilines is 2. The molecule has 7 nitrogen and oxygen atoms in total. The fourth-order valence-corrected chi connectivity index (χ4v) is 3.97. The molecule has 10 heteroatoms. The SMILES string of the molecule is Cc1cccc(Nc2nnc(SCC(=O)NNC(=O)c3ccc(Cl)cc3)s2)c1C. The number of carbonyl (C=O) groups excluding carboxylic acids is 2. The minimum Gasteiger partial charge on any atom is -0.330 e. The molecule has 0 atom stereocenters. The molecule has 0 aliphatic rings. The van der Waals surface area contributed by atoms with Crippen molar-refractivity contribution in [3.63, 3.8) is 0 Å². The highest BCUT2D eigenvalue weighted by atomic mass is 35.5. The average molecular weight is 448 g/mol. The maximum atomic E-state index is 12.0. The van der Waals surface area contributed by atoms with Crippen LogP contribution in [0.3, 0.4) is 0 Å². The second-order valence-corrected chi connectivity index (χ2v) is 8.68. The molecule has 3 rings (SSSR count). The summed E-state index contributed by atoms with van der Waals surface area (Å²) < 4.78 is 0.650. The first-order chi connectivity index (χ1) is 13.9. The van der Waals surface area contributed by atoms with Crippen molar-refractivity contribution in [2.45, 2.75) is 18.2 Å². The van der Waals surface area contributed by atoms with E-state index in [1.54, 1.807) is 24.3 Å². The highest BCUT2D eigenvalue weighted by Gasteiger charge is 2.11. The van der Waals surface area contributed by atoms with Gasteiger partial charge >= 0.3 is 0 Å². The Morgan fingerprint density at radius 2 is 1.83 bits per heavy atom. The lowest BCUT2D eigenvalue weighted by Crippen LogP contribution is -2.42. The summed E-state index contributed by atoms with van der Waals surface area (Å²) in [4.78, 5) is 23.9. The molecule has 3 N–H and O–H groups in total. The van der Waals surface area contributed by atoms with Gasteiger partial charge in [0.1, 0.15) is 0 Å². The molecule has 0 bridgehead atoms. The molecule has 150 valence electrons. The number of amides is 2. The van der Waals surface area contributed by atoms with Gasteiger partial charge in [-0.3, -0.25) is 20.4 Å². The molecule has 0 saturated carbocycles. The predicted octanol–water partition coefficient (Wildman–Crippen LogP) is 4.11. The van der Waals surface area contributed by atoms with Gasteiger partial charge in [-0.15, -0.1) is 10.2 Å². The highest BCUT2D eigenvalue weighted by molar-refractivity contribution is 8.01. The van der Waals surface area contributed by atoms with Crippen LogP contribution in [-0.2, 0) is 4.79 Å². The summed E-state index contributed by atoms with van der Waals surface area (Å²) in [5, 5.41) is 12.6. The Kier molecular flexibility index (Phi) is 7.08. The van der Waals surface area contributed by atoms with Gasteiger partial charge in [-0.2, -0.15) is 0 Å². The lowest BCUT2D eigenvalue weighted by molar-refractivity contribution is -0.119. The van der Waals surface area contributed by atoms with E-state index in [1.165, 1.54) is 28.7 Å². The molecule has 0 saturated heterocycles. The number of nitrogens with zero attached hydrogens (tertiary/aromatic N) is 2. The largest absolute Gasteiger partial charge is 0.330 e. The van der Waals surface area contributed by atoms with Gasteiger partial charge in [0.25, 0.3) is 5.91 Å². The summed E-state index contributed by atoms with van der Waals surface area (Å²) in [6, 6.07) is 12.4. The molecule has 0 aliphatic carbocycles. The molecule has 0 aliphatic heterocycles. The summed E-state index contributed by atoms with van der Waals surface area (Å²) in [6.07, 6.45) is 0. The van der Waals surface area contributed by atoms with Crippen molar-refractivity contribution in [1.29, 1.82) is 0 Å². The Labute approximate surface area is 181 Å². The fourth-order valence-electron chi connectivity index (χ4n) is 2.28. The number of hydrogen-bond acceptors (Lipinski definition) is 7. The highest BCUT2D eigenvalue weighted by Crippen LogP contribution is 2.29. The number of benzene rings is 2. The lowest BCUT2D eigenvalue weighted by Gasteiger charge is -2.08. The number of thioether (sulfide) groups is 1. The van der Waals surface area contributed by atoms with Crippen molar-refractivity contribution < 1.29 is 9.59 Å². The van der Waals surface area contributed by atoms with Crippen molar-refractivity contribution in [3.05, 3.63) is 64.2 Å². The van der Waals surface area contributed by atoms with Crippen LogP contribution in [0.4, 0.5) is 10.8 Å². The van der Waals surface area contributed by atoms with Crippen LogP contribution in [0, 0.1) is 13.8 Å². The van der Waals surface area contributed by atoms with Crippen LogP contribution < -0.4 is 16.2 Å². The number of nitrogens with one attached hydrogen (secondary N) is 3. The maximum Gasteiger partial charge on any atom is 0.269 e. The van der Waals surface area contributed by atoms with Gasteiger partial charge < -0.3 is 5.32 Å². The Hall–Kier alpha value is -2.62. The normalized spacial score (nSPS) is 10.4. The van der Waals surface area contributed by atoms with Gasteiger partial charge in [-0.1, -0.05) is 46.8 Å². The van der Waals surface area contributed by atoms with E-state index < -0.39 is 5.91 Å². The molecule has 0 radical (unpaired) electrons. The number of aromatic nitrogens is 2. The van der Waals surface area contributed by atoms with Crippen molar-refractivity contribution in [2.75, 3.05) is 11.1 Å². The summed E-state index contributed by atoms with van der Waals surface area (Å²) in [6.45, 7) is 4.09. The quantitative estimate of drug-likeness (QED) is 0.389. The minimum absolute atomic E-state index is 0.0962. The topological polar surface area (TPSA) is 96.0 Å². The van der Waals surface area contributed by atoms with E-state index in [9.17, 15) is 9.59 Å². The van der Waals surface area contributed by atoms with Gasteiger partial charge in [0.15, 0.2) is 4.34 Å². The predicted molar refractivity (Wildman–Crippen MR) is 117 cm³/mol. The van der Waals surface area contributed by atoms with Gasteiger partial charge in [-0.25, -0.2) is 0 Å². The van der Waals surface area contributed by atoms with E-state index in [0.29, 0.717) is 20.1 Å². The lowest BCUT2D eigenvalue weighted by atomic mass is 10.1. The summed E-state index contributed by atoms with van der Waals surface area (Å²) in [7, 11) is 0. The molecule has 2 aromatic carbocycles. The number of carbonyl (C=O) groups is 2. The molecule has 29 heavy (non-hydrogen) atoms. The average Bonchev–Trinajstić information content (AvgIpc) is 3.16. The van der Waals surface area contributed by atoms with Gasteiger partial charge in [0.2, 0.25) is 11.0 Å². The first kappa shape index (κ1) is 21.1. The van der Waals surface area contributed by atoms with Crippen LogP contribution in [0.15, 0.2) is 46.8 Å². The molecule has 0 spiro atoms. The number of hydrogen-bond donors (Lipinski definition) is 3. The van der Waals surface area contributed by atoms with E-state index in [-0.39, 0.29) is 11.7 Å². The monoisotopic (exact) mass is 447 g/mol. The van der Waals surface area contributed by atoms with Crippen LogP contribution in [0.1, 0.15) is 21.5 Å². The molecular formula is C19H18ClN5O2S2. The van der Waals surface area contributed by atoms with Crippen LogP contribution in [-0.4, -0.2) is 27.8 Å². The molecule has 1 aromatic heterocycles. The van der Waals surface area contributed by atoms with Gasteiger partial charge in [0, 0.05) is 16.3 Å². The zero-order valence-corrected chi connectivity index (χ0v) is 18.0. The third-order valence-electron chi connectivity index (χ3n) is 4.00. The summed E-state index contributed by atoms with van der Waals surface area (Å²) >= 11 is 8.38. The standard InChI is InChI=1S/C19H18ClN5O2S2/c1-11-4-3-5-15(12(11)2)21-18-24-25-19(29-18)28-10-16(26)22-23-17(27)13-6-8-14(20)9-7-13/h3-9H,10H2,1-2H3,(H,21,24)(H,22,26)(H,23,27). The number of rotatable bonds is 6.